The van der Waals surface area contributed by atoms with Crippen molar-refractivity contribution in [1.29, 1.82) is 0 Å². The van der Waals surface area contributed by atoms with Crippen molar-refractivity contribution in [2.75, 3.05) is 33.8 Å². The Morgan fingerprint density at radius 2 is 2.25 bits per heavy atom. The average Bonchev–Trinajstić information content (AvgIpc) is 1.95. The number of hydrogen-bond acceptors (Lipinski definition) is 4. The molecule has 0 rings (SSSR count). The molecule has 0 atom stereocenters. The lowest BCUT2D eigenvalue weighted by molar-refractivity contribution is -0.125. The summed E-state index contributed by atoms with van der Waals surface area (Å²) < 4.78 is 0. The highest BCUT2D eigenvalue weighted by Crippen LogP contribution is 1.80. The molecule has 72 valence electrons. The molecule has 0 aliphatic rings. The fraction of sp³-hybridized carbons (Fsp3) is 0.857. The van der Waals surface area contributed by atoms with Gasteiger partial charge in [-0.15, -0.1) is 0 Å². The van der Waals surface area contributed by atoms with Gasteiger partial charge < -0.3 is 10.6 Å². The summed E-state index contributed by atoms with van der Waals surface area (Å²) in [5.74, 6) is -0.463. The Morgan fingerprint density at radius 3 is 2.75 bits per heavy atom. The van der Waals surface area contributed by atoms with Crippen molar-refractivity contribution in [3.8, 4) is 0 Å². The average molecular weight is 175 g/mol. The van der Waals surface area contributed by atoms with Crippen LogP contribution in [0.3, 0.4) is 0 Å². The van der Waals surface area contributed by atoms with Gasteiger partial charge in [-0.2, -0.15) is 0 Å². The SMILES string of the molecule is CN(C)CCCNOCC(N)=O. The normalized spacial score (nSPS) is 10.6. The molecule has 0 fully saturated rings. The fourth-order valence-corrected chi connectivity index (χ4v) is 0.662. The Kier molecular flexibility index (Phi) is 6.64. The number of rotatable bonds is 7. The minimum Gasteiger partial charge on any atom is -0.368 e. The highest BCUT2D eigenvalue weighted by molar-refractivity contribution is 5.74. The van der Waals surface area contributed by atoms with Crippen LogP contribution < -0.4 is 11.2 Å². The van der Waals surface area contributed by atoms with E-state index in [0.717, 1.165) is 19.5 Å². The van der Waals surface area contributed by atoms with E-state index in [4.69, 9.17) is 10.6 Å². The van der Waals surface area contributed by atoms with E-state index in [1.165, 1.54) is 0 Å². The second kappa shape index (κ2) is 7.02. The standard InChI is InChI=1S/C7H17N3O2/c1-10(2)5-3-4-9-12-6-7(8)11/h9H,3-6H2,1-2H3,(H2,8,11). The zero-order chi connectivity index (χ0) is 9.40. The molecule has 0 bridgehead atoms. The number of nitrogens with zero attached hydrogens (tertiary/aromatic N) is 1. The third-order valence-electron chi connectivity index (χ3n) is 1.20. The molecule has 0 aliphatic carbocycles. The molecule has 0 aromatic rings. The first-order chi connectivity index (χ1) is 5.63. The van der Waals surface area contributed by atoms with Gasteiger partial charge in [0.15, 0.2) is 0 Å². The van der Waals surface area contributed by atoms with Gasteiger partial charge >= 0.3 is 0 Å². The van der Waals surface area contributed by atoms with Crippen LogP contribution in [0.25, 0.3) is 0 Å². The lowest BCUT2D eigenvalue weighted by atomic mass is 10.4. The van der Waals surface area contributed by atoms with E-state index in [9.17, 15) is 4.79 Å². The summed E-state index contributed by atoms with van der Waals surface area (Å²) in [4.78, 5) is 17.0. The molecule has 0 radical (unpaired) electrons. The van der Waals surface area contributed by atoms with Crippen molar-refractivity contribution in [2.24, 2.45) is 5.73 Å². The van der Waals surface area contributed by atoms with Gasteiger partial charge in [0.2, 0.25) is 5.91 Å². The summed E-state index contributed by atoms with van der Waals surface area (Å²) >= 11 is 0. The lowest BCUT2D eigenvalue weighted by Gasteiger charge is -2.09. The highest BCUT2D eigenvalue weighted by atomic mass is 16.6. The number of carbonyl (C=O) groups excluding carboxylic acids is 1. The molecule has 0 spiro atoms. The molecule has 5 heteroatoms. The maximum atomic E-state index is 10.2. The van der Waals surface area contributed by atoms with Crippen molar-refractivity contribution in [2.45, 2.75) is 6.42 Å². The Balaban J connectivity index is 2.96. The third kappa shape index (κ3) is 9.35. The van der Waals surface area contributed by atoms with E-state index in [-0.39, 0.29) is 6.61 Å². The number of hydroxylamine groups is 1. The molecule has 12 heavy (non-hydrogen) atoms. The van der Waals surface area contributed by atoms with Crippen LogP contribution in [0.4, 0.5) is 0 Å². The van der Waals surface area contributed by atoms with E-state index in [1.807, 2.05) is 14.1 Å². The Morgan fingerprint density at radius 1 is 1.58 bits per heavy atom. The Bertz CT molecular complexity index is 128. The first kappa shape index (κ1) is 11.4. The molecular formula is C7H17N3O2. The number of nitrogens with one attached hydrogen (secondary N) is 1. The van der Waals surface area contributed by atoms with Gasteiger partial charge in [0.1, 0.15) is 6.61 Å². The first-order valence-corrected chi connectivity index (χ1v) is 3.90. The molecule has 0 unspecified atom stereocenters. The summed E-state index contributed by atoms with van der Waals surface area (Å²) in [6, 6.07) is 0. The van der Waals surface area contributed by atoms with Gasteiger partial charge in [-0.05, 0) is 27.1 Å². The third-order valence-corrected chi connectivity index (χ3v) is 1.20. The molecule has 0 heterocycles. The predicted molar refractivity (Wildman–Crippen MR) is 46.3 cm³/mol. The van der Waals surface area contributed by atoms with E-state index in [2.05, 4.69) is 10.4 Å². The predicted octanol–water partition coefficient (Wildman–Crippen LogP) is -1.06. The van der Waals surface area contributed by atoms with Crippen LogP contribution in [0.1, 0.15) is 6.42 Å². The maximum absolute atomic E-state index is 10.2. The maximum Gasteiger partial charge on any atom is 0.245 e. The molecule has 0 aromatic carbocycles. The van der Waals surface area contributed by atoms with E-state index < -0.39 is 5.91 Å². The van der Waals surface area contributed by atoms with Gasteiger partial charge in [0, 0.05) is 6.54 Å². The fourth-order valence-electron chi connectivity index (χ4n) is 0.662. The van der Waals surface area contributed by atoms with Crippen molar-refractivity contribution < 1.29 is 9.63 Å². The minimum absolute atomic E-state index is 0.0675. The van der Waals surface area contributed by atoms with E-state index in [1.54, 1.807) is 0 Å². The van der Waals surface area contributed by atoms with Crippen LogP contribution in [0, 0.1) is 0 Å². The number of nitrogens with two attached hydrogens (primary N) is 1. The summed E-state index contributed by atoms with van der Waals surface area (Å²) in [5, 5.41) is 0. The molecule has 5 nitrogen and oxygen atoms in total. The van der Waals surface area contributed by atoms with Crippen molar-refractivity contribution in [3.05, 3.63) is 0 Å². The molecular weight excluding hydrogens is 158 g/mol. The molecule has 3 N–H and O–H groups in total. The molecule has 1 amide bonds. The first-order valence-electron chi connectivity index (χ1n) is 3.90. The summed E-state index contributed by atoms with van der Waals surface area (Å²) in [7, 11) is 4.01. The van der Waals surface area contributed by atoms with Crippen LogP contribution in [0.15, 0.2) is 0 Å². The van der Waals surface area contributed by atoms with Gasteiger partial charge in [0.25, 0.3) is 0 Å². The second-order valence-corrected chi connectivity index (χ2v) is 2.81. The van der Waals surface area contributed by atoms with E-state index in [0.29, 0.717) is 0 Å². The number of carbonyl (C=O) groups is 1. The Labute approximate surface area is 72.8 Å². The monoisotopic (exact) mass is 175 g/mol. The molecule has 0 aromatic heterocycles. The lowest BCUT2D eigenvalue weighted by Crippen LogP contribution is -2.27. The summed E-state index contributed by atoms with van der Waals surface area (Å²) in [5.41, 5.74) is 7.49. The zero-order valence-electron chi connectivity index (χ0n) is 7.67. The largest absolute Gasteiger partial charge is 0.368 e. The molecule has 0 saturated carbocycles. The van der Waals surface area contributed by atoms with Gasteiger partial charge in [-0.25, -0.2) is 5.48 Å². The molecule has 0 aliphatic heterocycles. The van der Waals surface area contributed by atoms with Crippen LogP contribution >= 0.6 is 0 Å². The quantitative estimate of drug-likeness (QED) is 0.382. The topological polar surface area (TPSA) is 67.6 Å². The van der Waals surface area contributed by atoms with Crippen LogP contribution in [-0.4, -0.2) is 44.6 Å². The van der Waals surface area contributed by atoms with E-state index >= 15 is 0 Å². The van der Waals surface area contributed by atoms with Gasteiger partial charge in [-0.1, -0.05) is 0 Å². The van der Waals surface area contributed by atoms with Crippen LogP contribution in [0.5, 0.6) is 0 Å². The summed E-state index contributed by atoms with van der Waals surface area (Å²) in [6.45, 7) is 1.65. The smallest absolute Gasteiger partial charge is 0.245 e. The van der Waals surface area contributed by atoms with Gasteiger partial charge in [0.05, 0.1) is 0 Å². The van der Waals surface area contributed by atoms with Crippen LogP contribution in [-0.2, 0) is 9.63 Å². The highest BCUT2D eigenvalue weighted by Gasteiger charge is 1.93. The van der Waals surface area contributed by atoms with Crippen molar-refractivity contribution in [1.82, 2.24) is 10.4 Å². The number of primary amides is 1. The van der Waals surface area contributed by atoms with Gasteiger partial charge in [-0.3, -0.25) is 9.63 Å². The summed E-state index contributed by atoms with van der Waals surface area (Å²) in [6.07, 6.45) is 0.978. The number of hydrogen-bond donors (Lipinski definition) is 2. The number of amides is 1. The zero-order valence-corrected chi connectivity index (χ0v) is 7.67. The Hall–Kier alpha value is -0.650. The van der Waals surface area contributed by atoms with Crippen molar-refractivity contribution in [3.63, 3.8) is 0 Å². The molecule has 0 saturated heterocycles. The van der Waals surface area contributed by atoms with Crippen molar-refractivity contribution >= 4 is 5.91 Å². The second-order valence-electron chi connectivity index (χ2n) is 2.81. The minimum atomic E-state index is -0.463. The van der Waals surface area contributed by atoms with Crippen LogP contribution in [0.2, 0.25) is 0 Å².